The number of pyridine rings is 1. The summed E-state index contributed by atoms with van der Waals surface area (Å²) < 4.78 is 6.32. The van der Waals surface area contributed by atoms with Gasteiger partial charge in [-0.05, 0) is 28.1 Å². The molecule has 0 bridgehead atoms. The molecule has 0 spiro atoms. The van der Waals surface area contributed by atoms with Crippen LogP contribution in [0.25, 0.3) is 0 Å². The minimum absolute atomic E-state index is 0.344. The molecule has 5 heteroatoms. The predicted octanol–water partition coefficient (Wildman–Crippen LogP) is 2.74. The molecule has 0 saturated carbocycles. The summed E-state index contributed by atoms with van der Waals surface area (Å²) in [6.45, 7) is 0. The highest BCUT2D eigenvalue weighted by Gasteiger charge is 2.10. The zero-order chi connectivity index (χ0) is 12.3. The van der Waals surface area contributed by atoms with Gasteiger partial charge in [0.1, 0.15) is 11.5 Å². The van der Waals surface area contributed by atoms with E-state index in [9.17, 15) is 4.79 Å². The van der Waals surface area contributed by atoms with Gasteiger partial charge in [0.05, 0.1) is 10.0 Å². The van der Waals surface area contributed by atoms with Crippen LogP contribution in [0.5, 0.6) is 11.5 Å². The van der Waals surface area contributed by atoms with Crippen molar-refractivity contribution in [3.05, 3.63) is 52.8 Å². The molecule has 2 aromatic rings. The summed E-state index contributed by atoms with van der Waals surface area (Å²) in [5.41, 5.74) is 5.61. The van der Waals surface area contributed by atoms with E-state index in [-0.39, 0.29) is 0 Å². The minimum Gasteiger partial charge on any atom is -0.455 e. The molecule has 0 aliphatic heterocycles. The number of ether oxygens (including phenoxy) is 1. The Labute approximate surface area is 107 Å². The van der Waals surface area contributed by atoms with E-state index in [0.717, 1.165) is 0 Å². The number of benzene rings is 1. The molecular formula is C12H9BrN2O2. The van der Waals surface area contributed by atoms with Crippen molar-refractivity contribution in [1.29, 1.82) is 0 Å². The molecule has 2 N–H and O–H groups in total. The van der Waals surface area contributed by atoms with E-state index in [4.69, 9.17) is 10.5 Å². The van der Waals surface area contributed by atoms with Gasteiger partial charge in [-0.1, -0.05) is 12.1 Å². The zero-order valence-electron chi connectivity index (χ0n) is 8.76. The lowest BCUT2D eigenvalue weighted by Crippen LogP contribution is -2.12. The van der Waals surface area contributed by atoms with Gasteiger partial charge in [-0.2, -0.15) is 0 Å². The lowest BCUT2D eigenvalue weighted by Gasteiger charge is -2.09. The van der Waals surface area contributed by atoms with Crippen molar-refractivity contribution in [1.82, 2.24) is 4.98 Å². The maximum absolute atomic E-state index is 11.2. The Kier molecular flexibility index (Phi) is 3.39. The molecule has 17 heavy (non-hydrogen) atoms. The van der Waals surface area contributed by atoms with E-state index in [1.807, 2.05) is 0 Å². The first-order valence-electron chi connectivity index (χ1n) is 4.84. The Hall–Kier alpha value is -1.88. The van der Waals surface area contributed by atoms with Gasteiger partial charge in [-0.3, -0.25) is 9.78 Å². The lowest BCUT2D eigenvalue weighted by molar-refractivity contribution is 0.0998. The Morgan fingerprint density at radius 2 is 2.00 bits per heavy atom. The summed E-state index contributed by atoms with van der Waals surface area (Å²) >= 11 is 3.31. The van der Waals surface area contributed by atoms with E-state index in [1.54, 1.807) is 42.7 Å². The highest BCUT2D eigenvalue weighted by Crippen LogP contribution is 2.30. The summed E-state index contributed by atoms with van der Waals surface area (Å²) in [5.74, 6) is 0.478. The average Bonchev–Trinajstić information content (AvgIpc) is 2.32. The second-order valence-corrected chi connectivity index (χ2v) is 4.12. The first-order chi connectivity index (χ1) is 8.18. The second-order valence-electron chi connectivity index (χ2n) is 3.27. The van der Waals surface area contributed by atoms with Crippen molar-refractivity contribution in [2.75, 3.05) is 0 Å². The number of nitrogens with zero attached hydrogens (tertiary/aromatic N) is 1. The Balaban J connectivity index is 2.37. The van der Waals surface area contributed by atoms with Crippen LogP contribution < -0.4 is 10.5 Å². The van der Waals surface area contributed by atoms with E-state index in [1.165, 1.54) is 0 Å². The van der Waals surface area contributed by atoms with Crippen molar-refractivity contribution >= 4 is 21.8 Å². The maximum Gasteiger partial charge on any atom is 0.252 e. The van der Waals surface area contributed by atoms with Crippen LogP contribution in [0.15, 0.2) is 47.2 Å². The Bertz CT molecular complexity index is 558. The number of primary amides is 1. The molecule has 1 amide bonds. The summed E-state index contributed by atoms with van der Waals surface area (Å²) in [6, 6.07) is 8.51. The van der Waals surface area contributed by atoms with E-state index < -0.39 is 5.91 Å². The molecule has 1 aromatic heterocycles. The van der Waals surface area contributed by atoms with Crippen molar-refractivity contribution < 1.29 is 9.53 Å². The van der Waals surface area contributed by atoms with Crippen molar-refractivity contribution in [3.8, 4) is 11.5 Å². The number of para-hydroxylation sites is 1. The molecule has 0 aliphatic carbocycles. The highest BCUT2D eigenvalue weighted by atomic mass is 79.9. The Morgan fingerprint density at radius 1 is 1.24 bits per heavy atom. The lowest BCUT2D eigenvalue weighted by atomic mass is 10.2. The Morgan fingerprint density at radius 3 is 2.71 bits per heavy atom. The first-order valence-corrected chi connectivity index (χ1v) is 5.64. The summed E-state index contributed by atoms with van der Waals surface area (Å²) in [6.07, 6.45) is 3.22. The van der Waals surface area contributed by atoms with Crippen LogP contribution in [0, 0.1) is 0 Å². The molecule has 0 radical (unpaired) electrons. The first kappa shape index (κ1) is 11.6. The van der Waals surface area contributed by atoms with Gasteiger partial charge < -0.3 is 10.5 Å². The van der Waals surface area contributed by atoms with Crippen LogP contribution in [0.2, 0.25) is 0 Å². The largest absolute Gasteiger partial charge is 0.455 e. The summed E-state index contributed by atoms with van der Waals surface area (Å²) in [5, 5.41) is 0. The van der Waals surface area contributed by atoms with Crippen LogP contribution in [0.4, 0.5) is 0 Å². The summed E-state index contributed by atoms with van der Waals surface area (Å²) in [7, 11) is 0. The number of amides is 1. The van der Waals surface area contributed by atoms with Gasteiger partial charge in [-0.25, -0.2) is 0 Å². The molecule has 0 saturated heterocycles. The van der Waals surface area contributed by atoms with Crippen molar-refractivity contribution in [3.63, 3.8) is 0 Å². The molecule has 0 atom stereocenters. The topological polar surface area (TPSA) is 65.2 Å². The zero-order valence-corrected chi connectivity index (χ0v) is 10.3. The number of carbonyl (C=O) groups is 1. The minimum atomic E-state index is -0.522. The van der Waals surface area contributed by atoms with Gasteiger partial charge in [0.2, 0.25) is 0 Å². The van der Waals surface area contributed by atoms with Crippen LogP contribution >= 0.6 is 15.9 Å². The SMILES string of the molecule is NC(=O)c1ccccc1Oc1ccncc1Br. The molecule has 1 aromatic carbocycles. The average molecular weight is 293 g/mol. The fourth-order valence-electron chi connectivity index (χ4n) is 1.32. The normalized spacial score (nSPS) is 9.94. The smallest absolute Gasteiger partial charge is 0.252 e. The third kappa shape index (κ3) is 2.62. The van der Waals surface area contributed by atoms with Gasteiger partial charge in [-0.15, -0.1) is 0 Å². The molecular weight excluding hydrogens is 284 g/mol. The van der Waals surface area contributed by atoms with Crippen molar-refractivity contribution in [2.45, 2.75) is 0 Å². The summed E-state index contributed by atoms with van der Waals surface area (Å²) in [4.78, 5) is 15.1. The van der Waals surface area contributed by atoms with Crippen LogP contribution in [0.1, 0.15) is 10.4 Å². The molecule has 0 unspecified atom stereocenters. The molecule has 0 fully saturated rings. The number of halogens is 1. The number of carbonyl (C=O) groups excluding carboxylic acids is 1. The standard InChI is InChI=1S/C12H9BrN2O2/c13-9-7-15-6-5-11(9)17-10-4-2-1-3-8(10)12(14)16/h1-7H,(H2,14,16). The van der Waals surface area contributed by atoms with E-state index in [2.05, 4.69) is 20.9 Å². The molecule has 0 aliphatic rings. The van der Waals surface area contributed by atoms with E-state index >= 15 is 0 Å². The highest BCUT2D eigenvalue weighted by molar-refractivity contribution is 9.10. The van der Waals surface area contributed by atoms with Gasteiger partial charge in [0.15, 0.2) is 0 Å². The number of rotatable bonds is 3. The molecule has 4 nitrogen and oxygen atoms in total. The van der Waals surface area contributed by atoms with E-state index in [0.29, 0.717) is 21.5 Å². The van der Waals surface area contributed by atoms with Crippen LogP contribution in [0.3, 0.4) is 0 Å². The quantitative estimate of drug-likeness (QED) is 0.946. The number of hydrogen-bond donors (Lipinski definition) is 1. The van der Waals surface area contributed by atoms with Gasteiger partial charge >= 0.3 is 0 Å². The monoisotopic (exact) mass is 292 g/mol. The van der Waals surface area contributed by atoms with Crippen molar-refractivity contribution in [2.24, 2.45) is 5.73 Å². The van der Waals surface area contributed by atoms with Crippen LogP contribution in [-0.4, -0.2) is 10.9 Å². The third-order valence-corrected chi connectivity index (χ3v) is 2.70. The number of nitrogens with two attached hydrogens (primary N) is 1. The second kappa shape index (κ2) is 4.97. The molecule has 86 valence electrons. The molecule has 2 rings (SSSR count). The van der Waals surface area contributed by atoms with Crippen LogP contribution in [-0.2, 0) is 0 Å². The fourth-order valence-corrected chi connectivity index (χ4v) is 1.65. The third-order valence-electron chi connectivity index (χ3n) is 2.11. The van der Waals surface area contributed by atoms with Gasteiger partial charge in [0, 0.05) is 18.5 Å². The number of hydrogen-bond acceptors (Lipinski definition) is 3. The fraction of sp³-hybridized carbons (Fsp3) is 0. The molecule has 1 heterocycles. The maximum atomic E-state index is 11.2. The van der Waals surface area contributed by atoms with Gasteiger partial charge in [0.25, 0.3) is 5.91 Å². The predicted molar refractivity (Wildman–Crippen MR) is 67.0 cm³/mol. The number of aromatic nitrogens is 1.